The number of carbonyl (C=O) groups excluding carboxylic acids is 2. The molecular formula is C25H24N2O4S. The summed E-state index contributed by atoms with van der Waals surface area (Å²) in [4.78, 5) is 31.2. The molecule has 0 saturated carbocycles. The highest BCUT2D eigenvalue weighted by Crippen LogP contribution is 2.41. The van der Waals surface area contributed by atoms with Crippen molar-refractivity contribution in [3.63, 3.8) is 0 Å². The maximum atomic E-state index is 13.4. The van der Waals surface area contributed by atoms with Gasteiger partial charge in [0.15, 0.2) is 12.4 Å². The van der Waals surface area contributed by atoms with Crippen LogP contribution in [0.15, 0.2) is 71.9 Å². The molecule has 1 amide bonds. The van der Waals surface area contributed by atoms with Crippen LogP contribution in [0, 0.1) is 5.92 Å². The molecule has 32 heavy (non-hydrogen) atoms. The minimum atomic E-state index is -0.742. The predicted octanol–water partition coefficient (Wildman–Crippen LogP) is 3.02. The zero-order valence-corrected chi connectivity index (χ0v) is 18.7. The molecule has 0 aliphatic carbocycles. The van der Waals surface area contributed by atoms with Gasteiger partial charge in [-0.1, -0.05) is 37.8 Å². The maximum absolute atomic E-state index is 13.4. The number of likely N-dealkylation sites (tertiary alicyclic amines) is 1. The number of aromatic amines is 1. The average Bonchev–Trinajstić information content (AvgIpc) is 3.41. The Morgan fingerprint density at radius 2 is 1.94 bits per heavy atom. The molecule has 1 aromatic carbocycles. The number of rotatable bonds is 7. The highest BCUT2D eigenvalue weighted by Gasteiger charge is 2.44. The van der Waals surface area contributed by atoms with E-state index < -0.39 is 23.5 Å². The Morgan fingerprint density at radius 3 is 2.56 bits per heavy atom. The van der Waals surface area contributed by atoms with Gasteiger partial charge >= 0.3 is 0 Å². The van der Waals surface area contributed by atoms with Crippen molar-refractivity contribution in [2.75, 3.05) is 6.61 Å². The fraction of sp³-hybridized carbons (Fsp3) is 0.240. The van der Waals surface area contributed by atoms with E-state index in [1.807, 2.05) is 29.6 Å². The second kappa shape index (κ2) is 9.36. The number of thiophene rings is 1. The molecule has 1 N–H and O–H groups in total. The summed E-state index contributed by atoms with van der Waals surface area (Å²) in [5, 5.41) is 15.3. The van der Waals surface area contributed by atoms with Crippen LogP contribution in [0.1, 0.15) is 35.9 Å². The van der Waals surface area contributed by atoms with Gasteiger partial charge in [0.2, 0.25) is 5.78 Å². The van der Waals surface area contributed by atoms with Crippen molar-refractivity contribution in [3.05, 3.63) is 87.9 Å². The van der Waals surface area contributed by atoms with Crippen LogP contribution >= 0.6 is 11.3 Å². The van der Waals surface area contributed by atoms with Gasteiger partial charge in [0.25, 0.3) is 5.91 Å². The van der Waals surface area contributed by atoms with Crippen LogP contribution in [0.3, 0.4) is 0 Å². The van der Waals surface area contributed by atoms with Crippen LogP contribution in [0.2, 0.25) is 0 Å². The molecule has 6 nitrogen and oxygen atoms in total. The quantitative estimate of drug-likeness (QED) is 0.316. The van der Waals surface area contributed by atoms with Crippen molar-refractivity contribution in [3.8, 4) is 5.75 Å². The number of nitrogens with zero attached hydrogens (tertiary/aromatic N) is 1. The molecular weight excluding hydrogens is 424 g/mol. The predicted molar refractivity (Wildman–Crippen MR) is 119 cm³/mol. The average molecular weight is 449 g/mol. The Balaban J connectivity index is 1.71. The van der Waals surface area contributed by atoms with Gasteiger partial charge in [0, 0.05) is 22.1 Å². The molecule has 7 heteroatoms. The zero-order chi connectivity index (χ0) is 22.7. The lowest BCUT2D eigenvalue weighted by molar-refractivity contribution is -0.378. The van der Waals surface area contributed by atoms with Crippen molar-refractivity contribution in [2.24, 2.45) is 5.92 Å². The van der Waals surface area contributed by atoms with E-state index in [0.717, 1.165) is 10.4 Å². The summed E-state index contributed by atoms with van der Waals surface area (Å²) in [6, 6.07) is 13.4. The van der Waals surface area contributed by atoms with Crippen LogP contribution in [0.4, 0.5) is 0 Å². The van der Waals surface area contributed by atoms with E-state index in [2.05, 4.69) is 18.8 Å². The zero-order valence-electron chi connectivity index (χ0n) is 17.9. The lowest BCUT2D eigenvalue weighted by Gasteiger charge is -2.26. The molecule has 3 aromatic rings. The molecule has 2 aromatic heterocycles. The molecule has 1 aliphatic heterocycles. The Hall–Kier alpha value is -3.45. The number of hydrogen-bond donors (Lipinski definition) is 0. The number of H-pyrrole nitrogens is 1. The van der Waals surface area contributed by atoms with Crippen molar-refractivity contribution in [1.82, 2.24) is 4.90 Å². The van der Waals surface area contributed by atoms with E-state index in [9.17, 15) is 14.7 Å². The molecule has 164 valence electrons. The number of Topliss-reactive ketones (excluding diaryl/α,β-unsaturated/α-hetero) is 1. The maximum Gasteiger partial charge on any atom is 0.295 e. The molecule has 1 aliphatic rings. The first-order valence-electron chi connectivity index (χ1n) is 10.4. The molecule has 4 rings (SSSR count). The highest BCUT2D eigenvalue weighted by molar-refractivity contribution is 7.10. The summed E-state index contributed by atoms with van der Waals surface area (Å²) in [6.07, 6.45) is 3.55. The van der Waals surface area contributed by atoms with Gasteiger partial charge in [0.1, 0.15) is 5.75 Å². The standard InChI is InChI=1S/C25H24N2O4S/c1-16(2)15-31-19-9-7-18(8-10-19)23(28)21-22(20-6-4-12-32-20)27(25(30)24(21)29)14-17-5-3-11-26-13-17/h3-13,16,22,28H,14-15H2,1-2H3/b23-21+. The first-order chi connectivity index (χ1) is 15.5. The lowest BCUT2D eigenvalue weighted by atomic mass is 9.99. The van der Waals surface area contributed by atoms with E-state index in [-0.39, 0.29) is 12.1 Å². The number of benzene rings is 1. The van der Waals surface area contributed by atoms with Gasteiger partial charge in [-0.2, -0.15) is 0 Å². The van der Waals surface area contributed by atoms with Crippen LogP contribution in [0.5, 0.6) is 5.75 Å². The van der Waals surface area contributed by atoms with E-state index >= 15 is 0 Å². The monoisotopic (exact) mass is 448 g/mol. The molecule has 0 bridgehead atoms. The van der Waals surface area contributed by atoms with Gasteiger partial charge in [-0.05, 0) is 41.1 Å². The number of pyridine rings is 1. The van der Waals surface area contributed by atoms with Gasteiger partial charge < -0.3 is 14.7 Å². The molecule has 1 fully saturated rings. The van der Waals surface area contributed by atoms with Crippen molar-refractivity contribution in [1.29, 1.82) is 0 Å². The van der Waals surface area contributed by atoms with Crippen molar-refractivity contribution >= 4 is 28.8 Å². The van der Waals surface area contributed by atoms with Crippen LogP contribution < -0.4 is 14.8 Å². The molecule has 3 heterocycles. The van der Waals surface area contributed by atoms with E-state index in [1.54, 1.807) is 36.7 Å². The Bertz CT molecular complexity index is 1120. The van der Waals surface area contributed by atoms with E-state index in [4.69, 9.17) is 4.74 Å². The third kappa shape index (κ3) is 4.43. The normalized spacial score (nSPS) is 17.8. The topological polar surface area (TPSA) is 83.8 Å². The highest BCUT2D eigenvalue weighted by atomic mass is 32.1. The summed E-state index contributed by atoms with van der Waals surface area (Å²) in [6.45, 7) is 4.91. The van der Waals surface area contributed by atoms with Gasteiger partial charge in [-0.25, -0.2) is 4.98 Å². The summed E-state index contributed by atoms with van der Waals surface area (Å²) >= 11 is 1.42. The lowest BCUT2D eigenvalue weighted by Crippen LogP contribution is -2.29. The number of aromatic nitrogens is 1. The van der Waals surface area contributed by atoms with Gasteiger partial charge in [-0.15, -0.1) is 11.3 Å². The first-order valence-corrected chi connectivity index (χ1v) is 11.3. The Kier molecular flexibility index (Phi) is 6.37. The number of carbonyl (C=O) groups is 2. The molecule has 1 atom stereocenters. The number of nitrogens with one attached hydrogen (secondary N) is 1. The largest absolute Gasteiger partial charge is 0.872 e. The molecule has 0 spiro atoms. The molecule has 1 unspecified atom stereocenters. The third-order valence-electron chi connectivity index (χ3n) is 5.17. The first kappa shape index (κ1) is 21.8. The summed E-state index contributed by atoms with van der Waals surface area (Å²) in [7, 11) is 0. The Morgan fingerprint density at radius 1 is 1.16 bits per heavy atom. The van der Waals surface area contributed by atoms with Crippen LogP contribution in [0.25, 0.3) is 5.76 Å². The van der Waals surface area contributed by atoms with Crippen molar-refractivity contribution < 1.29 is 24.4 Å². The van der Waals surface area contributed by atoms with Crippen LogP contribution in [-0.2, 0) is 16.1 Å². The minimum absolute atomic E-state index is 0.00629. The second-order valence-electron chi connectivity index (χ2n) is 8.06. The summed E-state index contributed by atoms with van der Waals surface area (Å²) in [5.74, 6) is -0.792. The SMILES string of the molecule is CC(C)COc1ccc(/C([O-])=C2\C(=O)C(=O)N(Cc3ccc[nH+]c3)C2c2cccs2)cc1. The Labute approximate surface area is 190 Å². The minimum Gasteiger partial charge on any atom is -0.872 e. The summed E-state index contributed by atoms with van der Waals surface area (Å²) < 4.78 is 5.68. The van der Waals surface area contributed by atoms with E-state index in [0.29, 0.717) is 23.8 Å². The van der Waals surface area contributed by atoms with Gasteiger partial charge in [0.05, 0.1) is 19.2 Å². The fourth-order valence-electron chi connectivity index (χ4n) is 3.62. The van der Waals surface area contributed by atoms with Gasteiger partial charge in [-0.3, -0.25) is 9.59 Å². The smallest absolute Gasteiger partial charge is 0.295 e. The van der Waals surface area contributed by atoms with Crippen molar-refractivity contribution in [2.45, 2.75) is 26.4 Å². The number of ether oxygens (including phenoxy) is 1. The second-order valence-corrected chi connectivity index (χ2v) is 9.04. The third-order valence-corrected chi connectivity index (χ3v) is 6.09. The number of ketones is 1. The molecule has 1 saturated heterocycles. The summed E-state index contributed by atoms with van der Waals surface area (Å²) in [5.41, 5.74) is 1.19. The van der Waals surface area contributed by atoms with Crippen LogP contribution in [-0.4, -0.2) is 23.2 Å². The molecule has 0 radical (unpaired) electrons. The van der Waals surface area contributed by atoms with E-state index in [1.165, 1.54) is 16.2 Å². The number of amides is 1. The number of hydrogen-bond acceptors (Lipinski definition) is 5. The fourth-order valence-corrected chi connectivity index (χ4v) is 4.47.